The predicted molar refractivity (Wildman–Crippen MR) is 105 cm³/mol. The first-order valence-electron chi connectivity index (χ1n) is 8.60. The van der Waals surface area contributed by atoms with E-state index >= 15 is 0 Å². The van der Waals surface area contributed by atoms with Crippen LogP contribution in [0.2, 0.25) is 0 Å². The standard InChI is InChI=1S/C21H21N3O3/c1-14-9-11-19(27-3)18(13-14)22-21(26)15(2)24-20(25)12-10-17(23-24)16-7-5-4-6-8-16/h4-13,15H,1-3H3,(H,22,26). The SMILES string of the molecule is COc1ccc(C)cc1NC(=O)C(C)n1nc(-c2ccccc2)ccc1=O. The minimum absolute atomic E-state index is 0.339. The van der Waals surface area contributed by atoms with Crippen LogP contribution >= 0.6 is 0 Å². The Balaban J connectivity index is 1.89. The fourth-order valence-electron chi connectivity index (χ4n) is 2.73. The molecule has 6 heteroatoms. The average molecular weight is 363 g/mol. The molecule has 0 radical (unpaired) electrons. The summed E-state index contributed by atoms with van der Waals surface area (Å²) in [7, 11) is 1.54. The summed E-state index contributed by atoms with van der Waals surface area (Å²) in [6.07, 6.45) is 0. The van der Waals surface area contributed by atoms with Gasteiger partial charge in [0.1, 0.15) is 11.8 Å². The molecule has 0 spiro atoms. The van der Waals surface area contributed by atoms with E-state index in [0.717, 1.165) is 11.1 Å². The molecule has 3 aromatic rings. The summed E-state index contributed by atoms with van der Waals surface area (Å²) in [5, 5.41) is 7.20. The number of hydrogen-bond donors (Lipinski definition) is 1. The van der Waals surface area contributed by atoms with Crippen LogP contribution in [0.3, 0.4) is 0 Å². The number of nitrogens with one attached hydrogen (secondary N) is 1. The molecule has 6 nitrogen and oxygen atoms in total. The van der Waals surface area contributed by atoms with E-state index in [1.165, 1.54) is 10.7 Å². The number of rotatable bonds is 5. The van der Waals surface area contributed by atoms with Crippen molar-refractivity contribution in [1.29, 1.82) is 0 Å². The Labute approximate surface area is 157 Å². The highest BCUT2D eigenvalue weighted by atomic mass is 16.5. The number of benzene rings is 2. The molecule has 1 atom stereocenters. The average Bonchev–Trinajstić information content (AvgIpc) is 2.68. The molecule has 0 aliphatic carbocycles. The van der Waals surface area contributed by atoms with Crippen LogP contribution in [0.4, 0.5) is 5.69 Å². The van der Waals surface area contributed by atoms with E-state index in [1.807, 2.05) is 49.4 Å². The molecule has 0 fully saturated rings. The van der Waals surface area contributed by atoms with Crippen molar-refractivity contribution in [1.82, 2.24) is 9.78 Å². The van der Waals surface area contributed by atoms with Gasteiger partial charge in [-0.25, -0.2) is 4.68 Å². The van der Waals surface area contributed by atoms with Crippen LogP contribution in [0.25, 0.3) is 11.3 Å². The first-order valence-corrected chi connectivity index (χ1v) is 8.60. The van der Waals surface area contributed by atoms with Gasteiger partial charge >= 0.3 is 0 Å². The molecule has 0 aliphatic heterocycles. The van der Waals surface area contributed by atoms with Gasteiger partial charge in [-0.15, -0.1) is 0 Å². The lowest BCUT2D eigenvalue weighted by atomic mass is 10.1. The fraction of sp³-hybridized carbons (Fsp3) is 0.190. The second kappa shape index (κ2) is 7.86. The molecule has 0 saturated carbocycles. The molecule has 0 bridgehead atoms. The molecule has 1 aromatic heterocycles. The summed E-state index contributed by atoms with van der Waals surface area (Å²) in [6, 6.07) is 17.3. The molecular formula is C21H21N3O3. The third-order valence-corrected chi connectivity index (χ3v) is 4.25. The third-order valence-electron chi connectivity index (χ3n) is 4.25. The van der Waals surface area contributed by atoms with Gasteiger partial charge in [-0.1, -0.05) is 36.4 Å². The second-order valence-electron chi connectivity index (χ2n) is 6.24. The van der Waals surface area contributed by atoms with Gasteiger partial charge in [-0.3, -0.25) is 9.59 Å². The lowest BCUT2D eigenvalue weighted by molar-refractivity contribution is -0.119. The zero-order chi connectivity index (χ0) is 19.4. The number of anilines is 1. The lowest BCUT2D eigenvalue weighted by Crippen LogP contribution is -2.33. The monoisotopic (exact) mass is 363 g/mol. The van der Waals surface area contributed by atoms with Gasteiger partial charge in [0.2, 0.25) is 5.91 Å². The quantitative estimate of drug-likeness (QED) is 0.754. The van der Waals surface area contributed by atoms with Crippen LogP contribution in [0.1, 0.15) is 18.5 Å². The van der Waals surface area contributed by atoms with Gasteiger partial charge < -0.3 is 10.1 Å². The summed E-state index contributed by atoms with van der Waals surface area (Å²) < 4.78 is 6.48. The predicted octanol–water partition coefficient (Wildman–Crippen LogP) is 3.43. The first-order chi connectivity index (χ1) is 13.0. The highest BCUT2D eigenvalue weighted by Gasteiger charge is 2.19. The zero-order valence-electron chi connectivity index (χ0n) is 15.5. The Kier molecular flexibility index (Phi) is 5.35. The number of aryl methyl sites for hydroxylation is 1. The van der Waals surface area contributed by atoms with Crippen LogP contribution in [-0.2, 0) is 4.79 Å². The van der Waals surface area contributed by atoms with E-state index < -0.39 is 6.04 Å². The summed E-state index contributed by atoms with van der Waals surface area (Å²) in [5.74, 6) is 0.207. The Morgan fingerprint density at radius 1 is 1.11 bits per heavy atom. The maximum absolute atomic E-state index is 12.7. The van der Waals surface area contributed by atoms with Crippen molar-refractivity contribution >= 4 is 11.6 Å². The van der Waals surface area contributed by atoms with Gasteiger partial charge in [0, 0.05) is 11.6 Å². The molecule has 0 saturated heterocycles. The fourth-order valence-corrected chi connectivity index (χ4v) is 2.73. The van der Waals surface area contributed by atoms with Crippen LogP contribution in [0.5, 0.6) is 5.75 Å². The van der Waals surface area contributed by atoms with Gasteiger partial charge in [0.15, 0.2) is 0 Å². The topological polar surface area (TPSA) is 73.2 Å². The largest absolute Gasteiger partial charge is 0.495 e. The number of carbonyl (C=O) groups is 1. The summed E-state index contributed by atoms with van der Waals surface area (Å²) in [5.41, 5.74) is 2.71. The number of amides is 1. The smallest absolute Gasteiger partial charge is 0.267 e. The minimum Gasteiger partial charge on any atom is -0.495 e. The van der Waals surface area contributed by atoms with Crippen molar-refractivity contribution in [2.45, 2.75) is 19.9 Å². The van der Waals surface area contributed by atoms with E-state index in [0.29, 0.717) is 17.1 Å². The number of aromatic nitrogens is 2. The van der Waals surface area contributed by atoms with Gasteiger partial charge in [0.05, 0.1) is 18.5 Å². The van der Waals surface area contributed by atoms with Crippen LogP contribution in [0, 0.1) is 6.92 Å². The molecular weight excluding hydrogens is 342 g/mol. The zero-order valence-corrected chi connectivity index (χ0v) is 15.5. The van der Waals surface area contributed by atoms with E-state index in [4.69, 9.17) is 4.74 Å². The van der Waals surface area contributed by atoms with E-state index in [2.05, 4.69) is 10.4 Å². The molecule has 2 aromatic carbocycles. The maximum atomic E-state index is 12.7. The van der Waals surface area contributed by atoms with Crippen molar-refractivity contribution in [3.8, 4) is 17.0 Å². The molecule has 27 heavy (non-hydrogen) atoms. The van der Waals surface area contributed by atoms with Crippen LogP contribution in [0.15, 0.2) is 65.5 Å². The van der Waals surface area contributed by atoms with Crippen molar-refractivity contribution in [2.24, 2.45) is 0 Å². The Bertz CT molecular complexity index is 1010. The molecule has 0 aliphatic rings. The van der Waals surface area contributed by atoms with Gasteiger partial charge in [-0.2, -0.15) is 5.10 Å². The van der Waals surface area contributed by atoms with E-state index in [1.54, 1.807) is 26.2 Å². The summed E-state index contributed by atoms with van der Waals surface area (Å²) >= 11 is 0. The Hall–Kier alpha value is -3.41. The first kappa shape index (κ1) is 18.4. The van der Waals surface area contributed by atoms with Gasteiger partial charge in [-0.05, 0) is 37.6 Å². The number of hydrogen-bond acceptors (Lipinski definition) is 4. The lowest BCUT2D eigenvalue weighted by Gasteiger charge is -2.16. The maximum Gasteiger partial charge on any atom is 0.267 e. The number of methoxy groups -OCH3 is 1. The molecule has 138 valence electrons. The number of ether oxygens (including phenoxy) is 1. The second-order valence-corrected chi connectivity index (χ2v) is 6.24. The molecule has 3 rings (SSSR count). The van der Waals surface area contributed by atoms with Crippen molar-refractivity contribution in [2.75, 3.05) is 12.4 Å². The van der Waals surface area contributed by atoms with Crippen LogP contribution < -0.4 is 15.6 Å². The molecule has 1 unspecified atom stereocenters. The molecule has 1 heterocycles. The Morgan fingerprint density at radius 2 is 1.85 bits per heavy atom. The number of carbonyl (C=O) groups excluding carboxylic acids is 1. The number of nitrogens with zero attached hydrogens (tertiary/aromatic N) is 2. The van der Waals surface area contributed by atoms with Gasteiger partial charge in [0.25, 0.3) is 5.56 Å². The van der Waals surface area contributed by atoms with E-state index in [-0.39, 0.29) is 11.5 Å². The van der Waals surface area contributed by atoms with Crippen molar-refractivity contribution in [3.05, 3.63) is 76.6 Å². The normalized spacial score (nSPS) is 11.7. The minimum atomic E-state index is -0.786. The summed E-state index contributed by atoms with van der Waals surface area (Å²) in [6.45, 7) is 3.56. The van der Waals surface area contributed by atoms with Crippen LogP contribution in [-0.4, -0.2) is 22.8 Å². The van der Waals surface area contributed by atoms with Crippen molar-refractivity contribution < 1.29 is 9.53 Å². The van der Waals surface area contributed by atoms with Crippen molar-refractivity contribution in [3.63, 3.8) is 0 Å². The summed E-state index contributed by atoms with van der Waals surface area (Å²) in [4.78, 5) is 25.0. The highest BCUT2D eigenvalue weighted by Crippen LogP contribution is 2.26. The molecule has 1 amide bonds. The highest BCUT2D eigenvalue weighted by molar-refractivity contribution is 5.94. The molecule has 1 N–H and O–H groups in total. The van der Waals surface area contributed by atoms with E-state index in [9.17, 15) is 9.59 Å². The Morgan fingerprint density at radius 3 is 2.56 bits per heavy atom. The third kappa shape index (κ3) is 4.06.